The van der Waals surface area contributed by atoms with Crippen LogP contribution in [0.2, 0.25) is 12.1 Å². The third kappa shape index (κ3) is 2.71. The molecule has 0 heterocycles. The zero-order valence-electron chi connectivity index (χ0n) is 9.82. The van der Waals surface area contributed by atoms with Crippen molar-refractivity contribution in [3.05, 3.63) is 12.2 Å². The molecule has 2 aliphatic carbocycles. The largest absolute Gasteiger partial charge is 0.356 e. The molecule has 3 unspecified atom stereocenters. The van der Waals surface area contributed by atoms with Gasteiger partial charge in [0.2, 0.25) is 0 Å². The Labute approximate surface area is 94.9 Å². The number of hydrogen-bond acceptors (Lipinski definition) is 2. The lowest BCUT2D eigenvalue weighted by Crippen LogP contribution is -2.17. The zero-order valence-corrected chi connectivity index (χ0v) is 11.2. The van der Waals surface area contributed by atoms with Crippen molar-refractivity contribution in [2.75, 3.05) is 14.2 Å². The quantitative estimate of drug-likeness (QED) is 0.391. The van der Waals surface area contributed by atoms with E-state index in [1.54, 1.807) is 14.2 Å². The Hall–Kier alpha value is -0.123. The first-order chi connectivity index (χ1) is 7.33. The summed E-state index contributed by atoms with van der Waals surface area (Å²) in [7, 11) is 3.49. The molecule has 0 spiro atoms. The highest BCUT2D eigenvalue weighted by Crippen LogP contribution is 2.45. The maximum atomic E-state index is 5.22. The van der Waals surface area contributed by atoms with Crippen molar-refractivity contribution in [2.45, 2.75) is 31.2 Å². The molecule has 1 fully saturated rings. The summed E-state index contributed by atoms with van der Waals surface area (Å²) in [6, 6.07) is 2.65. The van der Waals surface area contributed by atoms with E-state index in [0.29, 0.717) is 0 Å². The van der Waals surface area contributed by atoms with E-state index >= 15 is 0 Å². The highest BCUT2D eigenvalue weighted by Gasteiger charge is 2.34. The number of methoxy groups -OCH3 is 2. The van der Waals surface area contributed by atoms with Crippen LogP contribution >= 0.6 is 0 Å². The van der Waals surface area contributed by atoms with Crippen LogP contribution in [0.5, 0.6) is 0 Å². The van der Waals surface area contributed by atoms with Gasteiger partial charge in [-0.1, -0.05) is 18.2 Å². The summed E-state index contributed by atoms with van der Waals surface area (Å²) in [6.07, 6.45) is 7.84. The fraction of sp³-hybridized carbons (Fsp3) is 0.833. The first-order valence-corrected chi connectivity index (χ1v) is 8.07. The highest BCUT2D eigenvalue weighted by atomic mass is 28.2. The van der Waals surface area contributed by atoms with Crippen LogP contribution in [0, 0.1) is 17.8 Å². The molecule has 2 bridgehead atoms. The molecule has 2 nitrogen and oxygen atoms in total. The third-order valence-electron chi connectivity index (χ3n) is 3.96. The molecule has 15 heavy (non-hydrogen) atoms. The van der Waals surface area contributed by atoms with Crippen molar-refractivity contribution in [3.63, 3.8) is 0 Å². The van der Waals surface area contributed by atoms with E-state index < -0.39 is 0 Å². The fourth-order valence-electron chi connectivity index (χ4n) is 3.11. The summed E-state index contributed by atoms with van der Waals surface area (Å²) < 4.78 is 10.4. The van der Waals surface area contributed by atoms with Crippen LogP contribution in [0.1, 0.15) is 12.8 Å². The van der Waals surface area contributed by atoms with Crippen LogP contribution in [0.4, 0.5) is 0 Å². The minimum absolute atomic E-state index is 0.00801. The van der Waals surface area contributed by atoms with E-state index in [1.807, 2.05) is 0 Å². The summed E-state index contributed by atoms with van der Waals surface area (Å²) in [5, 5.41) is 0. The smallest absolute Gasteiger partial charge is 0.153 e. The van der Waals surface area contributed by atoms with Crippen molar-refractivity contribution in [2.24, 2.45) is 17.8 Å². The van der Waals surface area contributed by atoms with Crippen molar-refractivity contribution >= 4 is 9.52 Å². The lowest BCUT2D eigenvalue weighted by atomic mass is 9.96. The number of rotatable bonds is 6. The molecule has 0 N–H and O–H groups in total. The molecule has 3 heteroatoms. The lowest BCUT2D eigenvalue weighted by Gasteiger charge is -2.19. The molecular formula is C12H22O2Si. The van der Waals surface area contributed by atoms with Gasteiger partial charge < -0.3 is 9.47 Å². The van der Waals surface area contributed by atoms with Crippen LogP contribution in [0.3, 0.4) is 0 Å². The average Bonchev–Trinajstić information content (AvgIpc) is 2.86. The molecular weight excluding hydrogens is 204 g/mol. The molecule has 1 saturated carbocycles. The van der Waals surface area contributed by atoms with Gasteiger partial charge >= 0.3 is 0 Å². The molecule has 0 radical (unpaired) electrons. The highest BCUT2D eigenvalue weighted by molar-refractivity contribution is 6.35. The van der Waals surface area contributed by atoms with E-state index in [-0.39, 0.29) is 15.8 Å². The van der Waals surface area contributed by atoms with Gasteiger partial charge in [-0.15, -0.1) is 0 Å². The van der Waals surface area contributed by atoms with Crippen LogP contribution in [-0.2, 0) is 9.47 Å². The Morgan fingerprint density at radius 1 is 1.27 bits per heavy atom. The monoisotopic (exact) mass is 226 g/mol. The standard InChI is InChI=1S/C12H22O2Si/c1-13-12(14-2)8-15-7-11-6-9-3-4-10(11)5-9/h3-4,9-12H,5-8,15H2,1-2H3. The van der Waals surface area contributed by atoms with Crippen LogP contribution < -0.4 is 0 Å². The van der Waals surface area contributed by atoms with E-state index in [4.69, 9.17) is 9.47 Å². The predicted octanol–water partition coefficient (Wildman–Crippen LogP) is 1.82. The summed E-state index contributed by atoms with van der Waals surface area (Å²) in [6.45, 7) is 0. The maximum Gasteiger partial charge on any atom is 0.153 e. The zero-order chi connectivity index (χ0) is 10.7. The topological polar surface area (TPSA) is 18.5 Å². The first kappa shape index (κ1) is 11.4. The summed E-state index contributed by atoms with van der Waals surface area (Å²) >= 11 is 0. The Morgan fingerprint density at radius 3 is 2.60 bits per heavy atom. The van der Waals surface area contributed by atoms with Gasteiger partial charge in [0.05, 0.1) is 0 Å². The van der Waals surface area contributed by atoms with Crippen molar-refractivity contribution in [3.8, 4) is 0 Å². The van der Waals surface area contributed by atoms with Crippen LogP contribution in [0.15, 0.2) is 12.2 Å². The van der Waals surface area contributed by atoms with Crippen molar-refractivity contribution in [1.82, 2.24) is 0 Å². The van der Waals surface area contributed by atoms with Gasteiger partial charge in [-0.25, -0.2) is 0 Å². The summed E-state index contributed by atoms with van der Waals surface area (Å²) in [4.78, 5) is 0. The van der Waals surface area contributed by atoms with Gasteiger partial charge in [-0.2, -0.15) is 0 Å². The van der Waals surface area contributed by atoms with Crippen molar-refractivity contribution in [1.29, 1.82) is 0 Å². The molecule has 3 atom stereocenters. The molecule has 0 aromatic rings. The molecule has 0 aromatic carbocycles. The maximum absolute atomic E-state index is 5.22. The first-order valence-electron chi connectivity index (χ1n) is 6.07. The van der Waals surface area contributed by atoms with Crippen LogP contribution in [-0.4, -0.2) is 30.0 Å². The fourth-order valence-corrected chi connectivity index (χ4v) is 5.33. The second-order valence-electron chi connectivity index (χ2n) is 4.87. The van der Waals surface area contributed by atoms with Crippen LogP contribution in [0.25, 0.3) is 0 Å². The Morgan fingerprint density at radius 2 is 2.07 bits per heavy atom. The van der Waals surface area contributed by atoms with Gasteiger partial charge in [-0.05, 0) is 36.6 Å². The molecule has 86 valence electrons. The molecule has 2 aliphatic rings. The second kappa shape index (κ2) is 5.28. The van der Waals surface area contributed by atoms with Gasteiger partial charge in [0.1, 0.15) is 0 Å². The molecule has 2 rings (SSSR count). The predicted molar refractivity (Wildman–Crippen MR) is 64.8 cm³/mol. The van der Waals surface area contributed by atoms with E-state index in [2.05, 4.69) is 12.2 Å². The van der Waals surface area contributed by atoms with Gasteiger partial charge in [0.25, 0.3) is 0 Å². The van der Waals surface area contributed by atoms with E-state index in [1.165, 1.54) is 24.9 Å². The minimum Gasteiger partial charge on any atom is -0.356 e. The Kier molecular flexibility index (Phi) is 4.00. The van der Waals surface area contributed by atoms with Gasteiger partial charge in [0, 0.05) is 23.7 Å². The molecule has 0 aliphatic heterocycles. The average molecular weight is 226 g/mol. The SMILES string of the molecule is COC(C[SiH2]CC1CC2C=CC1C2)OC. The van der Waals surface area contributed by atoms with Gasteiger partial charge in [0.15, 0.2) is 6.29 Å². The van der Waals surface area contributed by atoms with Gasteiger partial charge in [-0.3, -0.25) is 0 Å². The van der Waals surface area contributed by atoms with Crippen molar-refractivity contribution < 1.29 is 9.47 Å². The van der Waals surface area contributed by atoms with E-state index in [0.717, 1.165) is 17.8 Å². The minimum atomic E-state index is 0.00801. The Bertz CT molecular complexity index is 226. The number of fused-ring (bicyclic) bond motifs is 2. The van der Waals surface area contributed by atoms with E-state index in [9.17, 15) is 0 Å². The molecule has 0 saturated heterocycles. The summed E-state index contributed by atoms with van der Waals surface area (Å²) in [5.41, 5.74) is 0. The molecule has 0 amide bonds. The normalized spacial score (nSPS) is 33.9. The second-order valence-corrected chi connectivity index (χ2v) is 6.73. The number of ether oxygens (including phenoxy) is 2. The Balaban J connectivity index is 1.64. The lowest BCUT2D eigenvalue weighted by molar-refractivity contribution is -0.0876. The number of allylic oxidation sites excluding steroid dienone is 2. The number of hydrogen-bond donors (Lipinski definition) is 0. The molecule has 0 aromatic heterocycles. The summed E-state index contributed by atoms with van der Waals surface area (Å²) in [5.74, 6) is 2.85. The third-order valence-corrected chi connectivity index (χ3v) is 5.99.